The number of nitrogens with one attached hydrogen (secondary N) is 2. The second kappa shape index (κ2) is 9.05. The highest BCUT2D eigenvalue weighted by atomic mass is 32.2. The van der Waals surface area contributed by atoms with Crippen molar-refractivity contribution >= 4 is 34.4 Å². The smallest absolute Gasteiger partial charge is 0.320 e. The van der Waals surface area contributed by atoms with Crippen LogP contribution in [0.15, 0.2) is 42.5 Å². The van der Waals surface area contributed by atoms with E-state index in [0.717, 1.165) is 11.5 Å². The van der Waals surface area contributed by atoms with Gasteiger partial charge >= 0.3 is 5.97 Å². The summed E-state index contributed by atoms with van der Waals surface area (Å²) < 4.78 is 0. The number of carboxylic acids is 1. The number of amides is 1. The topological polar surface area (TPSA) is 78.4 Å². The van der Waals surface area contributed by atoms with Crippen LogP contribution in [0.3, 0.4) is 0 Å². The first-order chi connectivity index (χ1) is 12.6. The summed E-state index contributed by atoms with van der Waals surface area (Å²) in [7, 11) is 0. The minimum atomic E-state index is -0.839. The molecule has 2 aromatic carbocycles. The van der Waals surface area contributed by atoms with Gasteiger partial charge < -0.3 is 15.7 Å². The molecule has 6 heteroatoms. The third-order valence-corrected chi connectivity index (χ3v) is 5.77. The Kier molecular flexibility index (Phi) is 6.52. The molecule has 3 rings (SSSR count). The van der Waals surface area contributed by atoms with E-state index >= 15 is 0 Å². The van der Waals surface area contributed by atoms with Crippen molar-refractivity contribution in [1.29, 1.82) is 0 Å². The quantitative estimate of drug-likeness (QED) is 0.651. The SMILES string of the molecule is O=C(NCCSCc1cccc2ccccc12)[C@H]1CC[C@@H](C(=O)O)NC1. The Morgan fingerprint density at radius 1 is 1.15 bits per heavy atom. The van der Waals surface area contributed by atoms with Crippen molar-refractivity contribution in [2.45, 2.75) is 24.6 Å². The summed E-state index contributed by atoms with van der Waals surface area (Å²) in [6.07, 6.45) is 1.13. The molecule has 1 amide bonds. The monoisotopic (exact) mass is 372 g/mol. The molecule has 1 heterocycles. The maximum atomic E-state index is 12.2. The Morgan fingerprint density at radius 2 is 1.96 bits per heavy atom. The standard InChI is InChI=1S/C20H24N2O3S/c23-19(15-8-9-18(20(24)25)22-12-15)21-10-11-26-13-16-6-3-5-14-4-1-2-7-17(14)16/h1-7,15,18,22H,8-13H2,(H,21,23)(H,24,25)/t15-,18-/m0/s1. The molecule has 0 radical (unpaired) electrons. The molecule has 3 N–H and O–H groups in total. The molecule has 2 aromatic rings. The molecule has 2 atom stereocenters. The molecule has 0 bridgehead atoms. The lowest BCUT2D eigenvalue weighted by Crippen LogP contribution is -2.48. The number of hydrogen-bond acceptors (Lipinski definition) is 4. The van der Waals surface area contributed by atoms with Crippen molar-refractivity contribution in [1.82, 2.24) is 10.6 Å². The number of hydrogen-bond donors (Lipinski definition) is 3. The average Bonchev–Trinajstić information content (AvgIpc) is 2.67. The van der Waals surface area contributed by atoms with Crippen LogP contribution < -0.4 is 10.6 Å². The predicted molar refractivity (Wildman–Crippen MR) is 105 cm³/mol. The maximum Gasteiger partial charge on any atom is 0.320 e. The lowest BCUT2D eigenvalue weighted by Gasteiger charge is -2.26. The van der Waals surface area contributed by atoms with Gasteiger partial charge in [0.15, 0.2) is 0 Å². The van der Waals surface area contributed by atoms with Gasteiger partial charge in [-0.3, -0.25) is 9.59 Å². The van der Waals surface area contributed by atoms with Gasteiger partial charge in [0.1, 0.15) is 6.04 Å². The maximum absolute atomic E-state index is 12.2. The first-order valence-electron chi connectivity index (χ1n) is 8.93. The molecule has 0 spiro atoms. The van der Waals surface area contributed by atoms with Gasteiger partial charge in [-0.05, 0) is 29.2 Å². The number of aliphatic carboxylic acids is 1. The van der Waals surface area contributed by atoms with E-state index in [2.05, 4.69) is 47.0 Å². The van der Waals surface area contributed by atoms with Crippen LogP contribution in [-0.2, 0) is 15.3 Å². The second-order valence-electron chi connectivity index (χ2n) is 6.56. The predicted octanol–water partition coefficient (Wildman–Crippen LogP) is 2.64. The largest absolute Gasteiger partial charge is 0.480 e. The lowest BCUT2D eigenvalue weighted by atomic mass is 9.94. The molecule has 0 saturated carbocycles. The third-order valence-electron chi connectivity index (χ3n) is 4.77. The summed E-state index contributed by atoms with van der Waals surface area (Å²) in [5.41, 5.74) is 1.32. The van der Waals surface area contributed by atoms with E-state index in [-0.39, 0.29) is 11.8 Å². The molecule has 26 heavy (non-hydrogen) atoms. The van der Waals surface area contributed by atoms with E-state index < -0.39 is 12.0 Å². The van der Waals surface area contributed by atoms with E-state index in [1.54, 1.807) is 11.8 Å². The first-order valence-corrected chi connectivity index (χ1v) is 10.1. The molecule has 1 aliphatic rings. The fourth-order valence-electron chi connectivity index (χ4n) is 3.28. The number of fused-ring (bicyclic) bond motifs is 1. The van der Waals surface area contributed by atoms with Gasteiger partial charge in [0.25, 0.3) is 0 Å². The van der Waals surface area contributed by atoms with Crippen LogP contribution in [0.4, 0.5) is 0 Å². The van der Waals surface area contributed by atoms with Crippen molar-refractivity contribution < 1.29 is 14.7 Å². The molecule has 1 saturated heterocycles. The normalized spacial score (nSPS) is 20.0. The zero-order valence-corrected chi connectivity index (χ0v) is 15.4. The number of carboxylic acid groups (broad SMARTS) is 1. The summed E-state index contributed by atoms with van der Waals surface area (Å²) in [5, 5.41) is 17.4. The molecule has 1 fully saturated rings. The summed E-state index contributed by atoms with van der Waals surface area (Å²) in [6.45, 7) is 1.07. The second-order valence-corrected chi connectivity index (χ2v) is 7.66. The fourth-order valence-corrected chi connectivity index (χ4v) is 4.14. The molecule has 1 aliphatic heterocycles. The lowest BCUT2D eigenvalue weighted by molar-refractivity contribution is -0.141. The van der Waals surface area contributed by atoms with Gasteiger partial charge in [-0.1, -0.05) is 42.5 Å². The van der Waals surface area contributed by atoms with Gasteiger partial charge in [-0.2, -0.15) is 11.8 Å². The van der Waals surface area contributed by atoms with Crippen molar-refractivity contribution in [3.63, 3.8) is 0 Å². The van der Waals surface area contributed by atoms with Crippen LogP contribution in [0.1, 0.15) is 18.4 Å². The average molecular weight is 372 g/mol. The third kappa shape index (κ3) is 4.77. The van der Waals surface area contributed by atoms with Gasteiger partial charge in [0.2, 0.25) is 5.91 Å². The molecular formula is C20H24N2O3S. The Hall–Kier alpha value is -2.05. The summed E-state index contributed by atoms with van der Waals surface area (Å²) in [6, 6.07) is 14.2. The number of carbonyl (C=O) groups is 2. The van der Waals surface area contributed by atoms with Gasteiger partial charge in [0.05, 0.1) is 5.92 Å². The summed E-state index contributed by atoms with van der Waals surface area (Å²) in [5.74, 6) is 0.824. The fraction of sp³-hybridized carbons (Fsp3) is 0.400. The molecule has 138 valence electrons. The molecule has 0 unspecified atom stereocenters. The van der Waals surface area contributed by atoms with Crippen LogP contribution in [0.25, 0.3) is 10.8 Å². The van der Waals surface area contributed by atoms with Crippen LogP contribution in [0.5, 0.6) is 0 Å². The van der Waals surface area contributed by atoms with E-state index in [0.29, 0.717) is 25.9 Å². The van der Waals surface area contributed by atoms with Crippen LogP contribution >= 0.6 is 11.8 Å². The number of thioether (sulfide) groups is 1. The Balaban J connectivity index is 1.38. The van der Waals surface area contributed by atoms with Gasteiger partial charge in [0, 0.05) is 24.6 Å². The van der Waals surface area contributed by atoms with E-state index in [9.17, 15) is 9.59 Å². The van der Waals surface area contributed by atoms with Crippen LogP contribution in [0, 0.1) is 5.92 Å². The summed E-state index contributed by atoms with van der Waals surface area (Å²) >= 11 is 1.81. The zero-order valence-electron chi connectivity index (χ0n) is 14.6. The van der Waals surface area contributed by atoms with Crippen molar-refractivity contribution in [3.05, 3.63) is 48.0 Å². The minimum absolute atomic E-state index is 0.0205. The minimum Gasteiger partial charge on any atom is -0.480 e. The summed E-state index contributed by atoms with van der Waals surface area (Å²) in [4.78, 5) is 23.1. The molecule has 0 aliphatic carbocycles. The van der Waals surface area contributed by atoms with Crippen LogP contribution in [-0.4, -0.2) is 41.9 Å². The number of benzene rings is 2. The number of rotatable bonds is 7. The van der Waals surface area contributed by atoms with Gasteiger partial charge in [-0.25, -0.2) is 0 Å². The first kappa shape index (κ1) is 18.7. The van der Waals surface area contributed by atoms with Gasteiger partial charge in [-0.15, -0.1) is 0 Å². The van der Waals surface area contributed by atoms with Crippen molar-refractivity contribution in [3.8, 4) is 0 Å². The highest BCUT2D eigenvalue weighted by Gasteiger charge is 2.28. The van der Waals surface area contributed by atoms with Crippen molar-refractivity contribution in [2.24, 2.45) is 5.92 Å². The number of piperidine rings is 1. The zero-order chi connectivity index (χ0) is 18.4. The van der Waals surface area contributed by atoms with Crippen molar-refractivity contribution in [2.75, 3.05) is 18.8 Å². The Labute approximate surface area is 157 Å². The highest BCUT2D eigenvalue weighted by Crippen LogP contribution is 2.22. The number of carbonyl (C=O) groups excluding carboxylic acids is 1. The Bertz CT molecular complexity index is 767. The molecule has 5 nitrogen and oxygen atoms in total. The van der Waals surface area contributed by atoms with E-state index in [1.807, 2.05) is 6.07 Å². The Morgan fingerprint density at radius 3 is 2.73 bits per heavy atom. The van der Waals surface area contributed by atoms with Crippen LogP contribution in [0.2, 0.25) is 0 Å². The highest BCUT2D eigenvalue weighted by molar-refractivity contribution is 7.98. The van der Waals surface area contributed by atoms with E-state index in [4.69, 9.17) is 5.11 Å². The van der Waals surface area contributed by atoms with E-state index in [1.165, 1.54) is 16.3 Å². The molecular weight excluding hydrogens is 348 g/mol. The molecule has 0 aromatic heterocycles.